The molecule has 1 aromatic heterocycles. The van der Waals surface area contributed by atoms with Crippen molar-refractivity contribution < 1.29 is 8.81 Å². The van der Waals surface area contributed by atoms with E-state index in [4.69, 9.17) is 16.6 Å². The van der Waals surface area contributed by atoms with E-state index in [-0.39, 0.29) is 11.4 Å². The molecule has 4 rings (SSSR count). The molecule has 3 aromatic rings. The van der Waals surface area contributed by atoms with Crippen LogP contribution in [0.5, 0.6) is 0 Å². The summed E-state index contributed by atoms with van der Waals surface area (Å²) >= 11 is 5.51. The zero-order valence-corrected chi connectivity index (χ0v) is 19.1. The Labute approximate surface area is 184 Å². The maximum absolute atomic E-state index is 14.5. The molecular weight excluding hydrogens is 391 g/mol. The fourth-order valence-electron chi connectivity index (χ4n) is 5.15. The molecule has 160 valence electrons. The normalized spacial score (nSPS) is 19.6. The minimum Gasteiger partial charge on any atom is -0.441 e. The number of hydrogen-bond donors (Lipinski definition) is 0. The zero-order chi connectivity index (χ0) is 21.1. The SMILES string of the molecule is CCCCCCCC1CCC(c2ccc3c(c2)c(=S)oc2c(F)c(C)ccc23)CC1. The van der Waals surface area contributed by atoms with Crippen molar-refractivity contribution in [3.63, 3.8) is 0 Å². The number of unbranched alkanes of at least 4 members (excludes halogenated alkanes) is 4. The zero-order valence-electron chi connectivity index (χ0n) is 18.3. The maximum Gasteiger partial charge on any atom is 0.198 e. The lowest BCUT2D eigenvalue weighted by atomic mass is 9.77. The van der Waals surface area contributed by atoms with Gasteiger partial charge in [-0.25, -0.2) is 4.39 Å². The molecule has 1 saturated carbocycles. The van der Waals surface area contributed by atoms with E-state index in [9.17, 15) is 4.39 Å². The van der Waals surface area contributed by atoms with Crippen LogP contribution >= 0.6 is 12.2 Å². The summed E-state index contributed by atoms with van der Waals surface area (Å²) in [5.74, 6) is 1.20. The van der Waals surface area contributed by atoms with Crippen molar-refractivity contribution >= 4 is 34.0 Å². The molecule has 0 bridgehead atoms. The summed E-state index contributed by atoms with van der Waals surface area (Å²) in [4.78, 5) is 0. The smallest absolute Gasteiger partial charge is 0.198 e. The molecule has 1 heterocycles. The lowest BCUT2D eigenvalue weighted by Gasteiger charge is -2.29. The average Bonchev–Trinajstić information content (AvgIpc) is 2.77. The Morgan fingerprint density at radius 2 is 1.67 bits per heavy atom. The first kappa shape index (κ1) is 21.5. The first-order valence-electron chi connectivity index (χ1n) is 11.7. The largest absolute Gasteiger partial charge is 0.441 e. The molecule has 3 heteroatoms. The third kappa shape index (κ3) is 4.46. The molecule has 0 spiro atoms. The topological polar surface area (TPSA) is 13.1 Å². The minimum absolute atomic E-state index is 0.277. The Morgan fingerprint density at radius 1 is 0.933 bits per heavy atom. The standard InChI is InChI=1S/C27H33FOS/c1-3-4-5-6-7-8-19-10-12-20(13-11-19)21-14-16-22-23-15-9-18(2)25(28)26(23)29-27(30)24(22)17-21/h9,14-17,19-20H,3-8,10-13H2,1-2H3. The predicted octanol–water partition coefficient (Wildman–Crippen LogP) is 9.40. The van der Waals surface area contributed by atoms with E-state index in [1.54, 1.807) is 6.92 Å². The van der Waals surface area contributed by atoms with Gasteiger partial charge < -0.3 is 4.42 Å². The number of rotatable bonds is 7. The van der Waals surface area contributed by atoms with Gasteiger partial charge in [0.05, 0.1) is 0 Å². The van der Waals surface area contributed by atoms with Crippen LogP contribution in [0.15, 0.2) is 34.7 Å². The van der Waals surface area contributed by atoms with E-state index in [2.05, 4.69) is 25.1 Å². The van der Waals surface area contributed by atoms with Crippen molar-refractivity contribution in [2.45, 2.75) is 84.0 Å². The molecule has 0 amide bonds. The van der Waals surface area contributed by atoms with Gasteiger partial charge in [-0.15, -0.1) is 0 Å². The van der Waals surface area contributed by atoms with E-state index in [0.717, 1.165) is 22.1 Å². The summed E-state index contributed by atoms with van der Waals surface area (Å²) in [6.45, 7) is 4.03. The van der Waals surface area contributed by atoms with Crippen LogP contribution in [-0.4, -0.2) is 0 Å². The molecule has 1 nitrogen and oxygen atoms in total. The molecule has 1 fully saturated rings. The molecule has 1 aliphatic carbocycles. The second-order valence-electron chi connectivity index (χ2n) is 9.19. The highest BCUT2D eigenvalue weighted by atomic mass is 32.1. The average molecular weight is 425 g/mol. The van der Waals surface area contributed by atoms with Gasteiger partial charge in [0.2, 0.25) is 0 Å². The first-order valence-corrected chi connectivity index (χ1v) is 12.1. The summed E-state index contributed by atoms with van der Waals surface area (Å²) in [7, 11) is 0. The summed E-state index contributed by atoms with van der Waals surface area (Å²) in [6, 6.07) is 10.3. The maximum atomic E-state index is 14.5. The highest BCUT2D eigenvalue weighted by molar-refractivity contribution is 7.71. The van der Waals surface area contributed by atoms with E-state index >= 15 is 0 Å². The van der Waals surface area contributed by atoms with Crippen LogP contribution in [0.2, 0.25) is 0 Å². The Hall–Kier alpha value is -1.74. The Bertz CT molecular complexity index is 1080. The Morgan fingerprint density at radius 3 is 2.43 bits per heavy atom. The molecule has 0 N–H and O–H groups in total. The molecule has 0 aliphatic heterocycles. The second-order valence-corrected chi connectivity index (χ2v) is 9.56. The number of halogens is 1. The Balaban J connectivity index is 1.48. The number of hydrogen-bond acceptors (Lipinski definition) is 2. The van der Waals surface area contributed by atoms with Gasteiger partial charge in [-0.05, 0) is 79.2 Å². The van der Waals surface area contributed by atoms with Gasteiger partial charge in [0.1, 0.15) is 0 Å². The second kappa shape index (κ2) is 9.60. The fourth-order valence-corrected chi connectivity index (χ4v) is 5.41. The third-order valence-corrected chi connectivity index (χ3v) is 7.38. The van der Waals surface area contributed by atoms with Gasteiger partial charge in [-0.2, -0.15) is 0 Å². The monoisotopic (exact) mass is 424 g/mol. The molecular formula is C27H33FOS. The van der Waals surface area contributed by atoms with Crippen LogP contribution in [0.3, 0.4) is 0 Å². The summed E-state index contributed by atoms with van der Waals surface area (Å²) in [5, 5.41) is 2.74. The number of fused-ring (bicyclic) bond motifs is 3. The van der Waals surface area contributed by atoms with Gasteiger partial charge >= 0.3 is 0 Å². The molecule has 0 saturated heterocycles. The van der Waals surface area contributed by atoms with E-state index in [1.807, 2.05) is 12.1 Å². The number of benzene rings is 2. The molecule has 0 atom stereocenters. The van der Waals surface area contributed by atoms with Gasteiger partial charge in [-0.1, -0.05) is 69.7 Å². The minimum atomic E-state index is -0.308. The highest BCUT2D eigenvalue weighted by Gasteiger charge is 2.23. The van der Waals surface area contributed by atoms with Crippen LogP contribution in [0.1, 0.15) is 88.2 Å². The summed E-state index contributed by atoms with van der Waals surface area (Å²) < 4.78 is 20.7. The number of aryl methyl sites for hydroxylation is 1. The van der Waals surface area contributed by atoms with Crippen LogP contribution in [0.25, 0.3) is 21.7 Å². The molecule has 30 heavy (non-hydrogen) atoms. The summed E-state index contributed by atoms with van der Waals surface area (Å²) in [5.41, 5.74) is 2.22. The van der Waals surface area contributed by atoms with Crippen LogP contribution < -0.4 is 0 Å². The highest BCUT2D eigenvalue weighted by Crippen LogP contribution is 2.39. The first-order chi connectivity index (χ1) is 14.6. The van der Waals surface area contributed by atoms with Gasteiger partial charge in [0, 0.05) is 10.8 Å². The van der Waals surface area contributed by atoms with Crippen LogP contribution in [0, 0.1) is 23.4 Å². The van der Waals surface area contributed by atoms with Crippen molar-refractivity contribution in [3.8, 4) is 0 Å². The van der Waals surface area contributed by atoms with E-state index in [0.29, 0.717) is 16.2 Å². The molecule has 2 aromatic carbocycles. The van der Waals surface area contributed by atoms with Crippen molar-refractivity contribution in [1.82, 2.24) is 0 Å². The lowest BCUT2D eigenvalue weighted by molar-refractivity contribution is 0.302. The van der Waals surface area contributed by atoms with E-state index < -0.39 is 0 Å². The van der Waals surface area contributed by atoms with Crippen LogP contribution in [0.4, 0.5) is 4.39 Å². The lowest BCUT2D eigenvalue weighted by Crippen LogP contribution is -2.13. The fraction of sp³-hybridized carbons (Fsp3) is 0.519. The van der Waals surface area contributed by atoms with Crippen molar-refractivity contribution in [1.29, 1.82) is 0 Å². The van der Waals surface area contributed by atoms with Gasteiger partial charge in [0.15, 0.2) is 16.1 Å². The quantitative estimate of drug-likeness (QED) is 0.213. The predicted molar refractivity (Wildman–Crippen MR) is 127 cm³/mol. The van der Waals surface area contributed by atoms with Gasteiger partial charge in [-0.3, -0.25) is 0 Å². The Kier molecular flexibility index (Phi) is 6.87. The van der Waals surface area contributed by atoms with E-state index in [1.165, 1.54) is 69.8 Å². The van der Waals surface area contributed by atoms with Crippen molar-refractivity contribution in [2.24, 2.45) is 5.92 Å². The molecule has 1 aliphatic rings. The summed E-state index contributed by atoms with van der Waals surface area (Å²) in [6.07, 6.45) is 13.5. The van der Waals surface area contributed by atoms with Crippen molar-refractivity contribution in [3.05, 3.63) is 52.0 Å². The van der Waals surface area contributed by atoms with Crippen molar-refractivity contribution in [2.75, 3.05) is 0 Å². The third-order valence-electron chi connectivity index (χ3n) is 7.07. The molecule has 0 unspecified atom stereocenters. The van der Waals surface area contributed by atoms with Gasteiger partial charge in [0.25, 0.3) is 0 Å². The van der Waals surface area contributed by atoms with Crippen LogP contribution in [-0.2, 0) is 0 Å². The molecule has 0 radical (unpaired) electrons.